The van der Waals surface area contributed by atoms with Gasteiger partial charge in [-0.05, 0) is 37.3 Å². The normalized spacial score (nSPS) is 11.4. The molecule has 0 saturated heterocycles. The predicted octanol–water partition coefficient (Wildman–Crippen LogP) is 3.54. The second kappa shape index (κ2) is 5.57. The van der Waals surface area contributed by atoms with Crippen LogP contribution in [0, 0.1) is 6.92 Å². The van der Waals surface area contributed by atoms with Gasteiger partial charge in [0.05, 0.1) is 11.9 Å². The molecule has 132 valence electrons. The number of fused-ring (bicyclic) bond motifs is 2. The first-order valence-electron chi connectivity index (χ1n) is 8.37. The molecule has 5 aromatic rings. The molecule has 0 radical (unpaired) electrons. The van der Waals surface area contributed by atoms with Crippen molar-refractivity contribution in [1.29, 1.82) is 0 Å². The Bertz CT molecular complexity index is 1340. The molecule has 5 rings (SSSR count). The molecular weight excluding hydrogens is 344 g/mol. The van der Waals surface area contributed by atoms with Crippen LogP contribution in [0.25, 0.3) is 38.9 Å². The fraction of sp³-hybridized carbons (Fsp3) is 0.0500. The molecule has 7 nitrogen and oxygen atoms in total. The highest BCUT2D eigenvalue weighted by atomic mass is 16.4. The zero-order valence-electron chi connectivity index (χ0n) is 14.3. The van der Waals surface area contributed by atoms with Crippen molar-refractivity contribution in [3.05, 3.63) is 70.7 Å². The molecule has 0 aliphatic rings. The largest absolute Gasteiger partial charge is 0.508 e. The predicted molar refractivity (Wildman–Crippen MR) is 101 cm³/mol. The fourth-order valence-corrected chi connectivity index (χ4v) is 3.18. The molecule has 3 aromatic heterocycles. The molecule has 2 aromatic carbocycles. The summed E-state index contributed by atoms with van der Waals surface area (Å²) in [5.74, 6) is 0.0836. The smallest absolute Gasteiger partial charge is 0.362 e. The Labute approximate surface area is 152 Å². The van der Waals surface area contributed by atoms with Crippen molar-refractivity contribution in [2.24, 2.45) is 0 Å². The highest BCUT2D eigenvalue weighted by Gasteiger charge is 2.14. The van der Waals surface area contributed by atoms with E-state index in [2.05, 4.69) is 15.3 Å². The second-order valence-electron chi connectivity index (χ2n) is 6.37. The third kappa shape index (κ3) is 2.40. The second-order valence-corrected chi connectivity index (χ2v) is 6.37. The maximum atomic E-state index is 12.4. The van der Waals surface area contributed by atoms with Gasteiger partial charge in [-0.15, -0.1) is 5.10 Å². The van der Waals surface area contributed by atoms with Crippen molar-refractivity contribution < 1.29 is 9.52 Å². The zero-order valence-corrected chi connectivity index (χ0v) is 14.3. The number of phenols is 1. The van der Waals surface area contributed by atoms with E-state index >= 15 is 0 Å². The summed E-state index contributed by atoms with van der Waals surface area (Å²) in [5.41, 5.74) is 3.02. The van der Waals surface area contributed by atoms with Crippen molar-refractivity contribution in [3.63, 3.8) is 0 Å². The van der Waals surface area contributed by atoms with E-state index in [1.165, 1.54) is 4.68 Å². The van der Waals surface area contributed by atoms with Crippen molar-refractivity contribution in [2.75, 3.05) is 0 Å². The van der Waals surface area contributed by atoms with E-state index in [0.717, 1.165) is 16.6 Å². The summed E-state index contributed by atoms with van der Waals surface area (Å²) in [4.78, 5) is 15.7. The number of nitrogens with one attached hydrogen (secondary N) is 1. The summed E-state index contributed by atoms with van der Waals surface area (Å²) in [6.45, 7) is 1.70. The highest BCUT2D eigenvalue weighted by molar-refractivity contribution is 5.85. The van der Waals surface area contributed by atoms with Gasteiger partial charge in [0, 0.05) is 21.9 Å². The highest BCUT2D eigenvalue weighted by Crippen LogP contribution is 2.27. The third-order valence-electron chi connectivity index (χ3n) is 4.65. The number of aromatic nitrogens is 4. The number of aromatic amines is 1. The Morgan fingerprint density at radius 2 is 1.96 bits per heavy atom. The molecule has 0 fully saturated rings. The number of aryl methyl sites for hydroxylation is 1. The molecule has 0 unspecified atom stereocenters. The average Bonchev–Trinajstić information content (AvgIpc) is 3.31. The Balaban J connectivity index is 1.62. The minimum absolute atomic E-state index is 0.0836. The maximum absolute atomic E-state index is 12.4. The van der Waals surface area contributed by atoms with Gasteiger partial charge >= 0.3 is 5.63 Å². The lowest BCUT2D eigenvalue weighted by Crippen LogP contribution is -2.11. The van der Waals surface area contributed by atoms with Crippen LogP contribution < -0.4 is 5.63 Å². The Morgan fingerprint density at radius 3 is 2.81 bits per heavy atom. The van der Waals surface area contributed by atoms with E-state index in [0.29, 0.717) is 22.2 Å². The number of H-pyrrole nitrogens is 1. The molecule has 0 spiro atoms. The minimum Gasteiger partial charge on any atom is -0.508 e. The average molecular weight is 358 g/mol. The van der Waals surface area contributed by atoms with E-state index in [4.69, 9.17) is 4.42 Å². The minimum atomic E-state index is -0.552. The number of benzene rings is 2. The molecular formula is C20H14N4O3. The van der Waals surface area contributed by atoms with E-state index in [1.807, 2.05) is 30.3 Å². The molecule has 0 amide bonds. The van der Waals surface area contributed by atoms with E-state index in [9.17, 15) is 9.90 Å². The van der Waals surface area contributed by atoms with Crippen LogP contribution in [-0.2, 0) is 0 Å². The van der Waals surface area contributed by atoms with Crippen LogP contribution in [0.2, 0.25) is 0 Å². The first-order valence-corrected chi connectivity index (χ1v) is 8.37. The zero-order chi connectivity index (χ0) is 18.5. The Morgan fingerprint density at radius 1 is 1.11 bits per heavy atom. The first kappa shape index (κ1) is 15.4. The summed E-state index contributed by atoms with van der Waals surface area (Å²) in [6.07, 6.45) is 1.68. The van der Waals surface area contributed by atoms with Gasteiger partial charge in [-0.3, -0.25) is 0 Å². The van der Waals surface area contributed by atoms with Gasteiger partial charge in [-0.25, -0.2) is 9.48 Å². The van der Waals surface area contributed by atoms with Crippen LogP contribution in [0.3, 0.4) is 0 Å². The molecule has 0 bridgehead atoms. The van der Waals surface area contributed by atoms with Crippen LogP contribution in [0.15, 0.2) is 63.9 Å². The SMILES string of the molecule is Cc1c(O)ccc2cc(-n3cc(-c4cc5ccccc5[nH]4)nn3)c(=O)oc12. The Hall–Kier alpha value is -3.87. The standard InChI is InChI=1S/C20H14N4O3/c1-11-18(25)7-6-13-9-17(20(26)27-19(11)13)24-10-16(22-23-24)15-8-12-4-2-3-5-14(12)21-15/h2-10,21,25H,1H3. The molecule has 0 saturated carbocycles. The summed E-state index contributed by atoms with van der Waals surface area (Å²) >= 11 is 0. The number of para-hydroxylation sites is 1. The van der Waals surface area contributed by atoms with Gasteiger partial charge in [-0.1, -0.05) is 23.4 Å². The molecule has 3 heterocycles. The monoisotopic (exact) mass is 358 g/mol. The van der Waals surface area contributed by atoms with Crippen LogP contribution in [0.1, 0.15) is 5.56 Å². The Kier molecular flexibility index (Phi) is 3.17. The van der Waals surface area contributed by atoms with E-state index < -0.39 is 5.63 Å². The number of nitrogens with zero attached hydrogens (tertiary/aromatic N) is 3. The number of aromatic hydroxyl groups is 1. The molecule has 0 aliphatic carbocycles. The van der Waals surface area contributed by atoms with Gasteiger partial charge < -0.3 is 14.5 Å². The van der Waals surface area contributed by atoms with Gasteiger partial charge in [0.15, 0.2) is 5.69 Å². The van der Waals surface area contributed by atoms with Crippen LogP contribution in [0.5, 0.6) is 5.75 Å². The van der Waals surface area contributed by atoms with Crippen molar-refractivity contribution in [3.8, 4) is 22.8 Å². The van der Waals surface area contributed by atoms with E-state index in [-0.39, 0.29) is 11.4 Å². The molecule has 0 aliphatic heterocycles. The van der Waals surface area contributed by atoms with Gasteiger partial charge in [0.2, 0.25) is 0 Å². The lowest BCUT2D eigenvalue weighted by atomic mass is 10.1. The van der Waals surface area contributed by atoms with Gasteiger partial charge in [-0.2, -0.15) is 0 Å². The number of hydrogen-bond donors (Lipinski definition) is 2. The number of hydrogen-bond acceptors (Lipinski definition) is 5. The van der Waals surface area contributed by atoms with Crippen molar-refractivity contribution in [1.82, 2.24) is 20.0 Å². The quantitative estimate of drug-likeness (QED) is 0.471. The number of rotatable bonds is 2. The lowest BCUT2D eigenvalue weighted by molar-refractivity contribution is 0.468. The summed E-state index contributed by atoms with van der Waals surface area (Å²) < 4.78 is 6.81. The van der Waals surface area contributed by atoms with Gasteiger partial charge in [0.1, 0.15) is 17.0 Å². The fourth-order valence-electron chi connectivity index (χ4n) is 3.18. The first-order chi connectivity index (χ1) is 13.1. The van der Waals surface area contributed by atoms with Crippen LogP contribution >= 0.6 is 0 Å². The number of phenolic OH excluding ortho intramolecular Hbond substituents is 1. The molecule has 0 atom stereocenters. The van der Waals surface area contributed by atoms with Crippen LogP contribution in [-0.4, -0.2) is 25.1 Å². The summed E-state index contributed by atoms with van der Waals surface area (Å²) in [6, 6.07) is 14.8. The van der Waals surface area contributed by atoms with Crippen molar-refractivity contribution in [2.45, 2.75) is 6.92 Å². The molecule has 7 heteroatoms. The molecule has 2 N–H and O–H groups in total. The molecule has 27 heavy (non-hydrogen) atoms. The van der Waals surface area contributed by atoms with E-state index in [1.54, 1.807) is 31.3 Å². The van der Waals surface area contributed by atoms with Gasteiger partial charge in [0.25, 0.3) is 0 Å². The summed E-state index contributed by atoms with van der Waals surface area (Å²) in [5, 5.41) is 19.8. The summed E-state index contributed by atoms with van der Waals surface area (Å²) in [7, 11) is 0. The van der Waals surface area contributed by atoms with Crippen LogP contribution in [0.4, 0.5) is 0 Å². The topological polar surface area (TPSA) is 96.9 Å². The lowest BCUT2D eigenvalue weighted by Gasteiger charge is -2.05. The maximum Gasteiger partial charge on any atom is 0.362 e. The third-order valence-corrected chi connectivity index (χ3v) is 4.65. The van der Waals surface area contributed by atoms with Crippen molar-refractivity contribution >= 4 is 21.9 Å².